The van der Waals surface area contributed by atoms with Crippen molar-refractivity contribution in [2.24, 2.45) is 0 Å². The lowest BCUT2D eigenvalue weighted by Gasteiger charge is -2.30. The first-order valence-corrected chi connectivity index (χ1v) is 6.69. The molecule has 0 aromatic rings. The fraction of sp³-hybridized carbons (Fsp3) is 0.909. The third kappa shape index (κ3) is 4.89. The number of nitrogens with zero attached hydrogens (tertiary/aromatic N) is 1. The van der Waals surface area contributed by atoms with Gasteiger partial charge in [0.25, 0.3) is 0 Å². The van der Waals surface area contributed by atoms with Gasteiger partial charge in [-0.3, -0.25) is 4.79 Å². The molecule has 1 N–H and O–H groups in total. The van der Waals surface area contributed by atoms with Crippen LogP contribution in [0.15, 0.2) is 0 Å². The molecule has 90 valence electrons. The fourth-order valence-electron chi connectivity index (χ4n) is 1.42. The number of likely N-dealkylation sites (N-methyl/N-ethyl adjacent to an activating group) is 1. The second kappa shape index (κ2) is 7.12. The predicted molar refractivity (Wildman–Crippen MR) is 68.4 cm³/mol. The van der Waals surface area contributed by atoms with Crippen LogP contribution in [0.25, 0.3) is 0 Å². The van der Waals surface area contributed by atoms with Gasteiger partial charge in [0, 0.05) is 25.4 Å². The van der Waals surface area contributed by atoms with Crippen LogP contribution in [0.4, 0.5) is 0 Å². The Balaban J connectivity index is 3.96. The summed E-state index contributed by atoms with van der Waals surface area (Å²) in [7, 11) is 3.57. The summed E-state index contributed by atoms with van der Waals surface area (Å²) in [6, 6.07) is 0. The van der Waals surface area contributed by atoms with Gasteiger partial charge >= 0.3 is 0 Å². The summed E-state index contributed by atoms with van der Waals surface area (Å²) in [5.74, 6) is 0.136. The molecule has 0 bridgehead atoms. The molecule has 4 heteroatoms. The van der Waals surface area contributed by atoms with Crippen molar-refractivity contribution in [3.63, 3.8) is 0 Å². The van der Waals surface area contributed by atoms with Gasteiger partial charge in [-0.2, -0.15) is 11.8 Å². The van der Waals surface area contributed by atoms with Crippen LogP contribution in [0.5, 0.6) is 0 Å². The Morgan fingerprint density at radius 2 is 1.87 bits per heavy atom. The van der Waals surface area contributed by atoms with E-state index >= 15 is 0 Å². The van der Waals surface area contributed by atoms with Crippen LogP contribution in [-0.4, -0.2) is 49.0 Å². The molecule has 0 aliphatic rings. The topological polar surface area (TPSA) is 32.3 Å². The maximum absolute atomic E-state index is 11.4. The van der Waals surface area contributed by atoms with E-state index in [0.29, 0.717) is 6.54 Å². The quantitative estimate of drug-likeness (QED) is 0.723. The molecule has 15 heavy (non-hydrogen) atoms. The highest BCUT2D eigenvalue weighted by atomic mass is 32.2. The van der Waals surface area contributed by atoms with Gasteiger partial charge in [-0.25, -0.2) is 0 Å². The summed E-state index contributed by atoms with van der Waals surface area (Å²) in [6.45, 7) is 5.75. The van der Waals surface area contributed by atoms with Gasteiger partial charge in [0.1, 0.15) is 0 Å². The smallest absolute Gasteiger partial charge is 0.236 e. The van der Waals surface area contributed by atoms with Crippen molar-refractivity contribution in [1.82, 2.24) is 10.2 Å². The lowest BCUT2D eigenvalue weighted by molar-refractivity contribution is -0.127. The Morgan fingerprint density at radius 3 is 2.20 bits per heavy atom. The standard InChI is InChI=1S/C11H24N2OS/c1-6-11(7-2,15-5)9-12-8-10(14)13(3)4/h12H,6-9H2,1-5H3. The SMILES string of the molecule is CCC(CC)(CNCC(=O)N(C)C)SC. The van der Waals surface area contributed by atoms with Crippen molar-refractivity contribution >= 4 is 17.7 Å². The van der Waals surface area contributed by atoms with Crippen LogP contribution in [0, 0.1) is 0 Å². The zero-order valence-corrected chi connectivity index (χ0v) is 11.4. The third-order valence-corrected chi connectivity index (χ3v) is 4.53. The fourth-order valence-corrected chi connectivity index (χ4v) is 2.24. The van der Waals surface area contributed by atoms with Gasteiger partial charge < -0.3 is 10.2 Å². The third-order valence-electron chi connectivity index (χ3n) is 2.94. The van der Waals surface area contributed by atoms with E-state index in [0.717, 1.165) is 19.4 Å². The van der Waals surface area contributed by atoms with Crippen molar-refractivity contribution in [3.8, 4) is 0 Å². The van der Waals surface area contributed by atoms with Crippen molar-refractivity contribution in [3.05, 3.63) is 0 Å². The molecule has 1 amide bonds. The summed E-state index contributed by atoms with van der Waals surface area (Å²) in [5, 5.41) is 3.25. The molecular weight excluding hydrogens is 208 g/mol. The highest BCUT2D eigenvalue weighted by molar-refractivity contribution is 8.00. The molecule has 0 aromatic carbocycles. The molecule has 0 aliphatic carbocycles. The molecule has 0 atom stereocenters. The Kier molecular flexibility index (Phi) is 7.02. The maximum atomic E-state index is 11.4. The summed E-state index contributed by atoms with van der Waals surface area (Å²) in [4.78, 5) is 13.0. The largest absolute Gasteiger partial charge is 0.348 e. The number of carbonyl (C=O) groups excluding carboxylic acids is 1. The van der Waals surface area contributed by atoms with E-state index in [9.17, 15) is 4.79 Å². The molecule has 0 unspecified atom stereocenters. The molecular formula is C11H24N2OS. The number of carbonyl (C=O) groups is 1. The molecule has 0 spiro atoms. The number of hydrogen-bond donors (Lipinski definition) is 1. The zero-order valence-electron chi connectivity index (χ0n) is 10.6. The molecule has 0 saturated carbocycles. The van der Waals surface area contributed by atoms with E-state index in [2.05, 4.69) is 25.4 Å². The van der Waals surface area contributed by atoms with E-state index in [1.165, 1.54) is 0 Å². The molecule has 0 saturated heterocycles. The van der Waals surface area contributed by atoms with Gasteiger partial charge in [0.2, 0.25) is 5.91 Å². The van der Waals surface area contributed by atoms with Crippen LogP contribution in [0.2, 0.25) is 0 Å². The van der Waals surface area contributed by atoms with E-state index in [-0.39, 0.29) is 10.7 Å². The number of hydrogen-bond acceptors (Lipinski definition) is 3. The maximum Gasteiger partial charge on any atom is 0.236 e. The van der Waals surface area contributed by atoms with Crippen molar-refractivity contribution < 1.29 is 4.79 Å². The summed E-state index contributed by atoms with van der Waals surface area (Å²) in [6.07, 6.45) is 4.41. The Morgan fingerprint density at radius 1 is 1.33 bits per heavy atom. The van der Waals surface area contributed by atoms with Crippen molar-refractivity contribution in [2.45, 2.75) is 31.4 Å². The minimum Gasteiger partial charge on any atom is -0.348 e. The summed E-state index contributed by atoms with van der Waals surface area (Å²) in [5.41, 5.74) is 0. The van der Waals surface area contributed by atoms with Gasteiger partial charge in [0.05, 0.1) is 6.54 Å². The first-order chi connectivity index (χ1) is 7.01. The molecule has 0 fully saturated rings. The number of thioether (sulfide) groups is 1. The minimum absolute atomic E-state index is 0.136. The Hall–Kier alpha value is -0.220. The van der Waals surface area contributed by atoms with Crippen LogP contribution in [-0.2, 0) is 4.79 Å². The highest BCUT2D eigenvalue weighted by Crippen LogP contribution is 2.29. The average Bonchev–Trinajstić information content (AvgIpc) is 2.24. The highest BCUT2D eigenvalue weighted by Gasteiger charge is 2.24. The first-order valence-electron chi connectivity index (χ1n) is 5.47. The van der Waals surface area contributed by atoms with Gasteiger partial charge in [-0.1, -0.05) is 13.8 Å². The van der Waals surface area contributed by atoms with Gasteiger partial charge in [0.15, 0.2) is 0 Å². The van der Waals surface area contributed by atoms with E-state index < -0.39 is 0 Å². The Bertz CT molecular complexity index is 183. The van der Waals surface area contributed by atoms with E-state index in [1.807, 2.05) is 11.8 Å². The number of nitrogens with one attached hydrogen (secondary N) is 1. The average molecular weight is 232 g/mol. The van der Waals surface area contributed by atoms with E-state index in [4.69, 9.17) is 0 Å². The molecule has 3 nitrogen and oxygen atoms in total. The van der Waals surface area contributed by atoms with Crippen molar-refractivity contribution in [1.29, 1.82) is 0 Å². The second-order valence-corrected chi connectivity index (χ2v) is 5.26. The zero-order chi connectivity index (χ0) is 11.9. The van der Waals surface area contributed by atoms with Gasteiger partial charge in [-0.15, -0.1) is 0 Å². The first kappa shape index (κ1) is 14.8. The lowest BCUT2D eigenvalue weighted by atomic mass is 10.0. The second-order valence-electron chi connectivity index (χ2n) is 3.99. The number of rotatable bonds is 7. The Labute approximate surface area is 98.0 Å². The van der Waals surface area contributed by atoms with Crippen LogP contribution >= 0.6 is 11.8 Å². The normalized spacial score (nSPS) is 11.5. The van der Waals surface area contributed by atoms with Crippen LogP contribution in [0.1, 0.15) is 26.7 Å². The minimum atomic E-state index is 0.136. The predicted octanol–water partition coefficient (Wildman–Crippen LogP) is 1.59. The molecule has 0 radical (unpaired) electrons. The summed E-state index contributed by atoms with van der Waals surface area (Å²) >= 11 is 1.89. The van der Waals surface area contributed by atoms with Crippen LogP contribution in [0.3, 0.4) is 0 Å². The van der Waals surface area contributed by atoms with E-state index in [1.54, 1.807) is 19.0 Å². The van der Waals surface area contributed by atoms with Crippen molar-refractivity contribution in [2.75, 3.05) is 33.4 Å². The lowest BCUT2D eigenvalue weighted by Crippen LogP contribution is -2.41. The van der Waals surface area contributed by atoms with Crippen LogP contribution < -0.4 is 5.32 Å². The molecule has 0 heterocycles. The molecule has 0 rings (SSSR count). The number of amides is 1. The monoisotopic (exact) mass is 232 g/mol. The summed E-state index contributed by atoms with van der Waals surface area (Å²) < 4.78 is 0.284. The molecule has 0 aromatic heterocycles. The molecule has 0 aliphatic heterocycles. The van der Waals surface area contributed by atoms with Gasteiger partial charge in [-0.05, 0) is 19.1 Å².